The third-order valence-corrected chi connectivity index (χ3v) is 6.72. The van der Waals surface area contributed by atoms with Gasteiger partial charge in [-0.05, 0) is 41.6 Å². The highest BCUT2D eigenvalue weighted by molar-refractivity contribution is 8.01. The Morgan fingerprint density at radius 2 is 2.08 bits per heavy atom. The summed E-state index contributed by atoms with van der Waals surface area (Å²) in [7, 11) is -3.67. The lowest BCUT2D eigenvalue weighted by Crippen LogP contribution is -2.23. The number of benzene rings is 2. The SMILES string of the molecule is CCSc1nc2ccc(S(=O)(=O)NCc3cccc(F)c3)cc2s1. The molecule has 0 aliphatic heterocycles. The average Bonchev–Trinajstić information content (AvgIpc) is 2.95. The van der Waals surface area contributed by atoms with Crippen LogP contribution in [-0.4, -0.2) is 19.2 Å². The summed E-state index contributed by atoms with van der Waals surface area (Å²) in [5.74, 6) is 0.527. The zero-order valence-corrected chi connectivity index (χ0v) is 15.3. The number of nitrogens with zero attached hydrogens (tertiary/aromatic N) is 1. The summed E-state index contributed by atoms with van der Waals surface area (Å²) in [6, 6.07) is 10.7. The Kier molecular flexibility index (Phi) is 5.19. The van der Waals surface area contributed by atoms with E-state index in [1.807, 2.05) is 6.92 Å². The van der Waals surface area contributed by atoms with Crippen molar-refractivity contribution in [2.24, 2.45) is 0 Å². The number of hydrogen-bond donors (Lipinski definition) is 1. The highest BCUT2D eigenvalue weighted by atomic mass is 32.2. The molecular formula is C16H15FN2O2S3. The molecule has 0 amide bonds. The number of halogens is 1. The van der Waals surface area contributed by atoms with Crippen LogP contribution < -0.4 is 4.72 Å². The summed E-state index contributed by atoms with van der Waals surface area (Å²) < 4.78 is 42.3. The van der Waals surface area contributed by atoms with E-state index in [4.69, 9.17) is 0 Å². The van der Waals surface area contributed by atoms with Crippen LogP contribution in [0.25, 0.3) is 10.2 Å². The molecule has 0 saturated heterocycles. The molecule has 0 atom stereocenters. The predicted octanol–water partition coefficient (Wildman–Crippen LogP) is 4.03. The van der Waals surface area contributed by atoms with Crippen LogP contribution >= 0.6 is 23.1 Å². The van der Waals surface area contributed by atoms with Gasteiger partial charge in [0.2, 0.25) is 10.0 Å². The van der Waals surface area contributed by atoms with Gasteiger partial charge < -0.3 is 0 Å². The first-order valence-corrected chi connectivity index (χ1v) is 10.5. The van der Waals surface area contributed by atoms with E-state index in [2.05, 4.69) is 9.71 Å². The van der Waals surface area contributed by atoms with Crippen LogP contribution in [-0.2, 0) is 16.6 Å². The predicted molar refractivity (Wildman–Crippen MR) is 96.4 cm³/mol. The Morgan fingerprint density at radius 3 is 2.83 bits per heavy atom. The second-order valence-electron chi connectivity index (χ2n) is 5.00. The Labute approximate surface area is 148 Å². The molecule has 0 saturated carbocycles. The minimum absolute atomic E-state index is 0.0394. The fraction of sp³-hybridized carbons (Fsp3) is 0.188. The molecule has 0 spiro atoms. The number of thiazole rings is 1. The van der Waals surface area contributed by atoms with Crippen LogP contribution in [0, 0.1) is 5.82 Å². The Morgan fingerprint density at radius 1 is 1.25 bits per heavy atom. The third-order valence-electron chi connectivity index (χ3n) is 3.27. The van der Waals surface area contributed by atoms with Crippen LogP contribution in [0.4, 0.5) is 4.39 Å². The van der Waals surface area contributed by atoms with E-state index in [0.717, 1.165) is 20.3 Å². The van der Waals surface area contributed by atoms with E-state index in [1.54, 1.807) is 36.0 Å². The Balaban J connectivity index is 1.82. The fourth-order valence-electron chi connectivity index (χ4n) is 2.14. The van der Waals surface area contributed by atoms with Gasteiger partial charge in [-0.2, -0.15) is 0 Å². The van der Waals surface area contributed by atoms with Gasteiger partial charge in [0.1, 0.15) is 5.82 Å². The summed E-state index contributed by atoms with van der Waals surface area (Å²) in [6.07, 6.45) is 0. The van der Waals surface area contributed by atoms with Gasteiger partial charge in [-0.1, -0.05) is 30.8 Å². The lowest BCUT2D eigenvalue weighted by molar-refractivity contribution is 0.580. The van der Waals surface area contributed by atoms with Crippen molar-refractivity contribution in [2.75, 3.05) is 5.75 Å². The first-order valence-electron chi connectivity index (χ1n) is 7.25. The number of hydrogen-bond acceptors (Lipinski definition) is 5. The summed E-state index contributed by atoms with van der Waals surface area (Å²) >= 11 is 3.11. The quantitative estimate of drug-likeness (QED) is 0.654. The number of sulfonamides is 1. The molecule has 1 aromatic heterocycles. The fourth-order valence-corrected chi connectivity index (χ4v) is 5.27. The van der Waals surface area contributed by atoms with E-state index in [0.29, 0.717) is 5.56 Å². The number of fused-ring (bicyclic) bond motifs is 1. The largest absolute Gasteiger partial charge is 0.240 e. The van der Waals surface area contributed by atoms with Crippen LogP contribution in [0.15, 0.2) is 51.7 Å². The number of thioether (sulfide) groups is 1. The zero-order chi connectivity index (χ0) is 17.2. The lowest BCUT2D eigenvalue weighted by Gasteiger charge is -2.07. The zero-order valence-electron chi connectivity index (χ0n) is 12.8. The van der Waals surface area contributed by atoms with Gasteiger partial charge in [0.05, 0.1) is 15.1 Å². The monoisotopic (exact) mass is 382 g/mol. The molecule has 3 rings (SSSR count). The summed E-state index contributed by atoms with van der Waals surface area (Å²) in [4.78, 5) is 4.64. The maximum absolute atomic E-state index is 13.2. The number of rotatable bonds is 6. The smallest absolute Gasteiger partial charge is 0.230 e. The molecule has 1 heterocycles. The Hall–Kier alpha value is -1.48. The van der Waals surface area contributed by atoms with Gasteiger partial charge in [0, 0.05) is 6.54 Å². The van der Waals surface area contributed by atoms with Crippen molar-refractivity contribution in [3.8, 4) is 0 Å². The van der Waals surface area contributed by atoms with Crippen molar-refractivity contribution >= 4 is 43.3 Å². The van der Waals surface area contributed by atoms with E-state index < -0.39 is 15.8 Å². The van der Waals surface area contributed by atoms with Crippen LogP contribution in [0.3, 0.4) is 0 Å². The molecule has 2 aromatic carbocycles. The minimum atomic E-state index is -3.67. The van der Waals surface area contributed by atoms with Crippen molar-refractivity contribution < 1.29 is 12.8 Å². The molecule has 8 heteroatoms. The van der Waals surface area contributed by atoms with Crippen LogP contribution in [0.5, 0.6) is 0 Å². The normalized spacial score (nSPS) is 11.9. The molecule has 0 fully saturated rings. The van der Waals surface area contributed by atoms with Crippen molar-refractivity contribution in [3.05, 3.63) is 53.8 Å². The molecule has 0 unspecified atom stereocenters. The van der Waals surface area contributed by atoms with Gasteiger partial charge >= 0.3 is 0 Å². The maximum atomic E-state index is 13.2. The van der Waals surface area contributed by atoms with Crippen molar-refractivity contribution in [3.63, 3.8) is 0 Å². The summed E-state index contributed by atoms with van der Waals surface area (Å²) in [5, 5.41) is 0. The number of aromatic nitrogens is 1. The highest BCUT2D eigenvalue weighted by Crippen LogP contribution is 2.30. The summed E-state index contributed by atoms with van der Waals surface area (Å²) in [6.45, 7) is 2.08. The molecule has 4 nitrogen and oxygen atoms in total. The molecule has 0 aliphatic carbocycles. The van der Waals surface area contributed by atoms with E-state index >= 15 is 0 Å². The lowest BCUT2D eigenvalue weighted by atomic mass is 10.2. The minimum Gasteiger partial charge on any atom is -0.230 e. The second-order valence-corrected chi connectivity index (χ2v) is 9.31. The van der Waals surface area contributed by atoms with E-state index in [1.165, 1.54) is 29.5 Å². The average molecular weight is 383 g/mol. The molecule has 126 valence electrons. The molecule has 24 heavy (non-hydrogen) atoms. The molecule has 1 N–H and O–H groups in total. The van der Waals surface area contributed by atoms with Crippen molar-refractivity contribution in [2.45, 2.75) is 22.7 Å². The first-order chi connectivity index (χ1) is 11.5. The van der Waals surface area contributed by atoms with Crippen molar-refractivity contribution in [1.82, 2.24) is 9.71 Å². The van der Waals surface area contributed by atoms with Gasteiger partial charge in [0.25, 0.3) is 0 Å². The highest BCUT2D eigenvalue weighted by Gasteiger charge is 2.16. The van der Waals surface area contributed by atoms with Gasteiger partial charge in [-0.25, -0.2) is 22.5 Å². The molecular weight excluding hydrogens is 367 g/mol. The molecule has 3 aromatic rings. The van der Waals surface area contributed by atoms with Gasteiger partial charge in [-0.3, -0.25) is 0 Å². The number of nitrogens with one attached hydrogen (secondary N) is 1. The molecule has 0 aliphatic rings. The maximum Gasteiger partial charge on any atom is 0.240 e. The van der Waals surface area contributed by atoms with Crippen molar-refractivity contribution in [1.29, 1.82) is 0 Å². The first kappa shape index (κ1) is 17.3. The molecule has 0 radical (unpaired) electrons. The summed E-state index contributed by atoms with van der Waals surface area (Å²) in [5.41, 5.74) is 1.36. The Bertz CT molecular complexity index is 970. The van der Waals surface area contributed by atoms with Crippen LogP contribution in [0.2, 0.25) is 0 Å². The third kappa shape index (κ3) is 3.94. The van der Waals surface area contributed by atoms with E-state index in [9.17, 15) is 12.8 Å². The van der Waals surface area contributed by atoms with Crippen LogP contribution in [0.1, 0.15) is 12.5 Å². The van der Waals surface area contributed by atoms with Gasteiger partial charge in [-0.15, -0.1) is 11.3 Å². The topological polar surface area (TPSA) is 59.1 Å². The standard InChI is InChI=1S/C16H15FN2O2S3/c1-2-22-16-19-14-7-6-13(9-15(14)23-16)24(20,21)18-10-11-4-3-5-12(17)8-11/h3-9,18H,2,10H2,1H3. The van der Waals surface area contributed by atoms with E-state index in [-0.39, 0.29) is 11.4 Å². The molecule has 0 bridgehead atoms. The van der Waals surface area contributed by atoms with Gasteiger partial charge in [0.15, 0.2) is 4.34 Å². The second kappa shape index (κ2) is 7.18.